The van der Waals surface area contributed by atoms with Crippen molar-refractivity contribution in [1.82, 2.24) is 19.9 Å². The quantitative estimate of drug-likeness (QED) is 0.414. The largest absolute Gasteiger partial charge is 0.454 e. The first-order valence-electron chi connectivity index (χ1n) is 10.4. The van der Waals surface area contributed by atoms with Gasteiger partial charge < -0.3 is 14.3 Å². The lowest BCUT2D eigenvalue weighted by Crippen LogP contribution is -2.38. The highest BCUT2D eigenvalue weighted by Crippen LogP contribution is 2.34. The highest BCUT2D eigenvalue weighted by atomic mass is 32.1. The van der Waals surface area contributed by atoms with E-state index in [4.69, 9.17) is 9.40 Å². The number of likely N-dealkylation sites (tertiary alicyclic amines) is 1. The maximum atomic E-state index is 12.9. The molecule has 5 aromatic rings. The van der Waals surface area contributed by atoms with E-state index in [2.05, 4.69) is 15.3 Å². The predicted molar refractivity (Wildman–Crippen MR) is 121 cm³/mol. The van der Waals surface area contributed by atoms with Crippen LogP contribution in [0.3, 0.4) is 0 Å². The second-order valence-electron chi connectivity index (χ2n) is 7.89. The Morgan fingerprint density at radius 2 is 1.87 bits per heavy atom. The van der Waals surface area contributed by atoms with Gasteiger partial charge in [0.25, 0.3) is 5.91 Å². The van der Waals surface area contributed by atoms with Gasteiger partial charge in [0.2, 0.25) is 0 Å². The summed E-state index contributed by atoms with van der Waals surface area (Å²) in [4.78, 5) is 27.2. The van der Waals surface area contributed by atoms with Crippen LogP contribution in [0.1, 0.15) is 34.4 Å². The van der Waals surface area contributed by atoms with Gasteiger partial charge in [0, 0.05) is 29.8 Å². The SMILES string of the molecule is O=C(c1nc2ccccc2[nH]1)N1CCC(c2nc(-c3cc4ccccc4o3)cs2)CC1. The van der Waals surface area contributed by atoms with Crippen molar-refractivity contribution in [2.45, 2.75) is 18.8 Å². The van der Waals surface area contributed by atoms with Crippen LogP contribution in [0.2, 0.25) is 0 Å². The summed E-state index contributed by atoms with van der Waals surface area (Å²) in [5, 5.41) is 4.27. The Morgan fingerprint density at radius 1 is 1.06 bits per heavy atom. The number of nitrogens with zero attached hydrogens (tertiary/aromatic N) is 3. The first kappa shape index (κ1) is 18.3. The zero-order chi connectivity index (χ0) is 20.8. The third-order valence-corrected chi connectivity index (χ3v) is 6.93. The average Bonchev–Trinajstić information content (AvgIpc) is 3.56. The van der Waals surface area contributed by atoms with E-state index in [1.54, 1.807) is 11.3 Å². The summed E-state index contributed by atoms with van der Waals surface area (Å²) in [6.07, 6.45) is 1.80. The number of carbonyl (C=O) groups is 1. The van der Waals surface area contributed by atoms with Gasteiger partial charge >= 0.3 is 0 Å². The molecule has 4 heterocycles. The molecule has 0 spiro atoms. The number of piperidine rings is 1. The number of hydrogen-bond donors (Lipinski definition) is 1. The summed E-state index contributed by atoms with van der Waals surface area (Å²) < 4.78 is 5.96. The van der Waals surface area contributed by atoms with Gasteiger partial charge in [-0.25, -0.2) is 9.97 Å². The Labute approximate surface area is 182 Å². The molecule has 0 unspecified atom stereocenters. The van der Waals surface area contributed by atoms with Crippen LogP contribution in [0.15, 0.2) is 64.4 Å². The molecule has 1 N–H and O–H groups in total. The molecule has 6 rings (SSSR count). The highest BCUT2D eigenvalue weighted by molar-refractivity contribution is 7.10. The van der Waals surface area contributed by atoms with E-state index in [1.165, 1.54) is 0 Å². The molecule has 0 saturated carbocycles. The van der Waals surface area contributed by atoms with E-state index in [9.17, 15) is 4.79 Å². The van der Waals surface area contributed by atoms with Gasteiger partial charge in [-0.05, 0) is 37.1 Å². The molecule has 3 aromatic heterocycles. The molecule has 1 fully saturated rings. The number of aromatic amines is 1. The Hall–Kier alpha value is -3.45. The third kappa shape index (κ3) is 3.31. The molecule has 1 amide bonds. The fourth-order valence-electron chi connectivity index (χ4n) is 4.23. The van der Waals surface area contributed by atoms with Crippen molar-refractivity contribution in [3.05, 3.63) is 70.8 Å². The number of nitrogens with one attached hydrogen (secondary N) is 1. The smallest absolute Gasteiger partial charge is 0.289 e. The molecule has 6 nitrogen and oxygen atoms in total. The summed E-state index contributed by atoms with van der Waals surface area (Å²) in [6, 6.07) is 17.8. The molecule has 1 aliphatic heterocycles. The van der Waals surface area contributed by atoms with Crippen molar-refractivity contribution in [3.8, 4) is 11.5 Å². The van der Waals surface area contributed by atoms with E-state index in [1.807, 2.05) is 59.5 Å². The number of imidazole rings is 1. The van der Waals surface area contributed by atoms with Crippen LogP contribution < -0.4 is 0 Å². The molecular formula is C24H20N4O2S. The number of carbonyl (C=O) groups excluding carboxylic acids is 1. The molecule has 0 aliphatic carbocycles. The topological polar surface area (TPSA) is 75.0 Å². The molecule has 0 bridgehead atoms. The lowest BCUT2D eigenvalue weighted by Gasteiger charge is -2.30. The minimum absolute atomic E-state index is 0.0308. The predicted octanol–water partition coefficient (Wildman–Crippen LogP) is 5.45. The number of thiazole rings is 1. The molecule has 154 valence electrons. The summed E-state index contributed by atoms with van der Waals surface area (Å²) in [6.45, 7) is 1.42. The lowest BCUT2D eigenvalue weighted by molar-refractivity contribution is 0.0702. The maximum Gasteiger partial charge on any atom is 0.289 e. The average molecular weight is 429 g/mol. The van der Waals surface area contributed by atoms with Gasteiger partial charge in [-0.15, -0.1) is 11.3 Å². The molecule has 7 heteroatoms. The zero-order valence-corrected chi connectivity index (χ0v) is 17.6. The molecule has 0 atom stereocenters. The van der Waals surface area contributed by atoms with E-state index in [-0.39, 0.29) is 5.91 Å². The Morgan fingerprint density at radius 3 is 2.71 bits per heavy atom. The lowest BCUT2D eigenvalue weighted by atomic mass is 9.97. The number of fused-ring (bicyclic) bond motifs is 2. The zero-order valence-electron chi connectivity index (χ0n) is 16.7. The maximum absolute atomic E-state index is 12.9. The number of benzene rings is 2. The van der Waals surface area contributed by atoms with E-state index >= 15 is 0 Å². The molecule has 2 aromatic carbocycles. The van der Waals surface area contributed by atoms with E-state index < -0.39 is 0 Å². The molecular weight excluding hydrogens is 408 g/mol. The fourth-order valence-corrected chi connectivity index (χ4v) is 5.21. The Kier molecular flexibility index (Phi) is 4.35. The standard InChI is InChI=1S/C24H20N4O2S/c29-24(22-25-17-6-2-3-7-18(17)26-22)28-11-9-15(10-12-28)23-27-19(14-31-23)21-13-16-5-1-4-8-20(16)30-21/h1-8,13-15H,9-12H2,(H,25,26). The molecule has 1 saturated heterocycles. The number of aromatic nitrogens is 3. The van der Waals surface area contributed by atoms with Gasteiger partial charge in [0.15, 0.2) is 11.6 Å². The minimum atomic E-state index is -0.0308. The van der Waals surface area contributed by atoms with Crippen LogP contribution in [-0.2, 0) is 0 Å². The summed E-state index contributed by atoms with van der Waals surface area (Å²) in [5.74, 6) is 1.56. The van der Waals surface area contributed by atoms with Gasteiger partial charge in [-0.3, -0.25) is 4.79 Å². The van der Waals surface area contributed by atoms with Crippen molar-refractivity contribution < 1.29 is 9.21 Å². The molecule has 31 heavy (non-hydrogen) atoms. The van der Waals surface area contributed by atoms with Crippen molar-refractivity contribution in [2.75, 3.05) is 13.1 Å². The van der Waals surface area contributed by atoms with Crippen molar-refractivity contribution in [3.63, 3.8) is 0 Å². The number of amides is 1. The second-order valence-corrected chi connectivity index (χ2v) is 8.78. The van der Waals surface area contributed by atoms with Crippen molar-refractivity contribution in [2.24, 2.45) is 0 Å². The van der Waals surface area contributed by atoms with Crippen LogP contribution in [0.4, 0.5) is 0 Å². The summed E-state index contributed by atoms with van der Waals surface area (Å²) in [7, 11) is 0. The van der Waals surface area contributed by atoms with Crippen LogP contribution in [0.5, 0.6) is 0 Å². The monoisotopic (exact) mass is 428 g/mol. The summed E-state index contributed by atoms with van der Waals surface area (Å²) >= 11 is 1.68. The van der Waals surface area contributed by atoms with Gasteiger partial charge in [-0.2, -0.15) is 0 Å². The first-order chi connectivity index (χ1) is 15.2. The number of H-pyrrole nitrogens is 1. The number of rotatable bonds is 3. The van der Waals surface area contributed by atoms with Crippen molar-refractivity contribution in [1.29, 1.82) is 0 Å². The first-order valence-corrected chi connectivity index (χ1v) is 11.3. The van der Waals surface area contributed by atoms with E-state index in [0.717, 1.165) is 51.3 Å². The number of hydrogen-bond acceptors (Lipinski definition) is 5. The van der Waals surface area contributed by atoms with Gasteiger partial charge in [0.05, 0.1) is 16.0 Å². The van der Waals surface area contributed by atoms with Crippen LogP contribution in [-0.4, -0.2) is 38.8 Å². The Bertz CT molecular complexity index is 1320. The Balaban J connectivity index is 1.15. The summed E-state index contributed by atoms with van der Waals surface area (Å²) in [5.41, 5.74) is 3.48. The van der Waals surface area contributed by atoms with Crippen LogP contribution in [0.25, 0.3) is 33.5 Å². The molecule has 1 aliphatic rings. The van der Waals surface area contributed by atoms with Gasteiger partial charge in [-0.1, -0.05) is 30.3 Å². The highest BCUT2D eigenvalue weighted by Gasteiger charge is 2.28. The fraction of sp³-hybridized carbons (Fsp3) is 0.208. The third-order valence-electron chi connectivity index (χ3n) is 5.92. The minimum Gasteiger partial charge on any atom is -0.454 e. The van der Waals surface area contributed by atoms with Crippen LogP contribution in [0, 0.1) is 0 Å². The van der Waals surface area contributed by atoms with E-state index in [0.29, 0.717) is 24.8 Å². The molecule has 0 radical (unpaired) electrons. The number of furan rings is 1. The number of para-hydroxylation sites is 3. The van der Waals surface area contributed by atoms with Crippen molar-refractivity contribution >= 4 is 39.2 Å². The van der Waals surface area contributed by atoms with Crippen LogP contribution >= 0.6 is 11.3 Å². The second kappa shape index (κ2) is 7.35. The normalized spacial score (nSPS) is 15.2. The van der Waals surface area contributed by atoms with Gasteiger partial charge in [0.1, 0.15) is 11.3 Å².